The molecule has 0 saturated heterocycles. The topological polar surface area (TPSA) is 55.1 Å². The Kier molecular flexibility index (Phi) is 5.15. The van der Waals surface area contributed by atoms with Crippen LogP contribution in [0.15, 0.2) is 77.5 Å². The van der Waals surface area contributed by atoms with Crippen LogP contribution in [-0.2, 0) is 11.2 Å². The molecule has 0 spiro atoms. The molecule has 1 heterocycles. The maximum Gasteiger partial charge on any atom is 0.224 e. The summed E-state index contributed by atoms with van der Waals surface area (Å²) >= 11 is 0. The van der Waals surface area contributed by atoms with Crippen LogP contribution in [0, 0.1) is 5.82 Å². The van der Waals surface area contributed by atoms with Gasteiger partial charge in [-0.25, -0.2) is 9.37 Å². The molecule has 5 heteroatoms. The molecular weight excluding hydrogens is 355 g/mol. The largest absolute Gasteiger partial charge is 0.443 e. The third-order valence-electron chi connectivity index (χ3n) is 4.62. The molecule has 1 N–H and O–H groups in total. The van der Waals surface area contributed by atoms with Gasteiger partial charge in [0.2, 0.25) is 5.91 Å². The lowest BCUT2D eigenvalue weighted by atomic mass is 10.0. The molecule has 140 valence electrons. The third-order valence-corrected chi connectivity index (χ3v) is 4.62. The highest BCUT2D eigenvalue weighted by Crippen LogP contribution is 2.23. The van der Waals surface area contributed by atoms with Gasteiger partial charge < -0.3 is 9.73 Å². The molecule has 0 aliphatic carbocycles. The highest BCUT2D eigenvalue weighted by atomic mass is 19.1. The van der Waals surface area contributed by atoms with Crippen LogP contribution >= 0.6 is 0 Å². The standard InChI is InChI=1S/C23H19FN2O2/c24-20-6-2-1-5-19(20)17-10-8-16(9-11-17)4-3-7-23(27)26-18-12-13-21-22(14-18)28-15-25-21/h1-2,5-6,8-15H,3-4,7H2,(H,26,27). The van der Waals surface area contributed by atoms with Gasteiger partial charge >= 0.3 is 0 Å². The lowest BCUT2D eigenvalue weighted by molar-refractivity contribution is -0.116. The van der Waals surface area contributed by atoms with Crippen molar-refractivity contribution in [3.8, 4) is 11.1 Å². The van der Waals surface area contributed by atoms with Crippen LogP contribution in [0.25, 0.3) is 22.2 Å². The fourth-order valence-corrected chi connectivity index (χ4v) is 3.16. The van der Waals surface area contributed by atoms with E-state index in [0.29, 0.717) is 23.3 Å². The number of nitrogens with zero attached hydrogens (tertiary/aromatic N) is 1. The molecule has 1 amide bonds. The first kappa shape index (κ1) is 17.9. The summed E-state index contributed by atoms with van der Waals surface area (Å²) in [6.45, 7) is 0. The van der Waals surface area contributed by atoms with Gasteiger partial charge in [-0.2, -0.15) is 0 Å². The molecule has 0 bridgehead atoms. The molecular formula is C23H19FN2O2. The van der Waals surface area contributed by atoms with Crippen LogP contribution in [-0.4, -0.2) is 10.9 Å². The molecule has 4 rings (SSSR count). The zero-order chi connectivity index (χ0) is 19.3. The van der Waals surface area contributed by atoms with Gasteiger partial charge in [-0.05, 0) is 42.2 Å². The molecule has 4 nitrogen and oxygen atoms in total. The Morgan fingerprint density at radius 2 is 1.86 bits per heavy atom. The summed E-state index contributed by atoms with van der Waals surface area (Å²) in [5.41, 5.74) is 4.67. The van der Waals surface area contributed by atoms with Crippen LogP contribution in [0.5, 0.6) is 0 Å². The van der Waals surface area contributed by atoms with Crippen LogP contribution < -0.4 is 5.32 Å². The number of oxazole rings is 1. The summed E-state index contributed by atoms with van der Waals surface area (Å²) in [6.07, 6.45) is 3.32. The van der Waals surface area contributed by atoms with Gasteiger partial charge in [0.1, 0.15) is 11.3 Å². The van der Waals surface area contributed by atoms with Crippen molar-refractivity contribution in [2.24, 2.45) is 0 Å². The summed E-state index contributed by atoms with van der Waals surface area (Å²) in [5, 5.41) is 2.88. The van der Waals surface area contributed by atoms with Crippen LogP contribution in [0.1, 0.15) is 18.4 Å². The highest BCUT2D eigenvalue weighted by Gasteiger charge is 2.07. The number of hydrogen-bond acceptors (Lipinski definition) is 3. The average Bonchev–Trinajstić information content (AvgIpc) is 3.17. The molecule has 0 fully saturated rings. The molecule has 0 atom stereocenters. The quantitative estimate of drug-likeness (QED) is 0.478. The molecule has 4 aromatic rings. The summed E-state index contributed by atoms with van der Waals surface area (Å²) in [6, 6.07) is 19.9. The Balaban J connectivity index is 1.29. The van der Waals surface area contributed by atoms with E-state index in [0.717, 1.165) is 29.5 Å². The van der Waals surface area contributed by atoms with Gasteiger partial charge in [0.05, 0.1) is 0 Å². The van der Waals surface area contributed by atoms with Gasteiger partial charge in [-0.3, -0.25) is 4.79 Å². The number of rotatable bonds is 6. The second-order valence-electron chi connectivity index (χ2n) is 6.61. The number of nitrogens with one attached hydrogen (secondary N) is 1. The zero-order valence-electron chi connectivity index (χ0n) is 15.2. The van der Waals surface area contributed by atoms with Crippen molar-refractivity contribution in [2.45, 2.75) is 19.3 Å². The van der Waals surface area contributed by atoms with E-state index in [1.165, 1.54) is 12.5 Å². The molecule has 28 heavy (non-hydrogen) atoms. The molecule has 1 aromatic heterocycles. The number of carbonyl (C=O) groups excluding carboxylic acids is 1. The first-order valence-corrected chi connectivity index (χ1v) is 9.16. The van der Waals surface area contributed by atoms with Crippen LogP contribution in [0.2, 0.25) is 0 Å². The summed E-state index contributed by atoms with van der Waals surface area (Å²) < 4.78 is 19.1. The lowest BCUT2D eigenvalue weighted by Crippen LogP contribution is -2.11. The van der Waals surface area contributed by atoms with Gasteiger partial charge in [-0.15, -0.1) is 0 Å². The van der Waals surface area contributed by atoms with E-state index in [-0.39, 0.29) is 11.7 Å². The maximum absolute atomic E-state index is 13.9. The first-order chi connectivity index (χ1) is 13.7. The number of hydrogen-bond donors (Lipinski definition) is 1. The molecule has 0 unspecified atom stereocenters. The number of fused-ring (bicyclic) bond motifs is 1. The Bertz CT molecular complexity index is 1100. The van der Waals surface area contributed by atoms with Gasteiger partial charge in [0.25, 0.3) is 0 Å². The zero-order valence-corrected chi connectivity index (χ0v) is 15.2. The smallest absolute Gasteiger partial charge is 0.224 e. The SMILES string of the molecule is O=C(CCCc1ccc(-c2ccccc2F)cc1)Nc1ccc2ncoc2c1. The number of carbonyl (C=O) groups is 1. The van der Waals surface area contributed by atoms with Crippen molar-refractivity contribution in [3.05, 3.63) is 84.5 Å². The normalized spacial score (nSPS) is 10.9. The van der Waals surface area contributed by atoms with E-state index in [4.69, 9.17) is 4.42 Å². The van der Waals surface area contributed by atoms with Crippen molar-refractivity contribution in [1.82, 2.24) is 4.98 Å². The summed E-state index contributed by atoms with van der Waals surface area (Å²) in [4.78, 5) is 16.2. The predicted octanol–water partition coefficient (Wildman–Crippen LogP) is 5.60. The van der Waals surface area contributed by atoms with E-state index < -0.39 is 0 Å². The Morgan fingerprint density at radius 1 is 1.04 bits per heavy atom. The number of halogens is 1. The second kappa shape index (κ2) is 8.05. The van der Waals surface area contributed by atoms with E-state index in [2.05, 4.69) is 10.3 Å². The number of amides is 1. The van der Waals surface area contributed by atoms with Crippen molar-refractivity contribution in [3.63, 3.8) is 0 Å². The van der Waals surface area contributed by atoms with E-state index in [1.54, 1.807) is 18.2 Å². The first-order valence-electron chi connectivity index (χ1n) is 9.16. The van der Waals surface area contributed by atoms with Crippen molar-refractivity contribution in [2.75, 3.05) is 5.32 Å². The minimum atomic E-state index is -0.226. The van der Waals surface area contributed by atoms with Crippen LogP contribution in [0.3, 0.4) is 0 Å². The molecule has 3 aromatic carbocycles. The van der Waals surface area contributed by atoms with E-state index in [1.807, 2.05) is 42.5 Å². The number of aryl methyl sites for hydroxylation is 1. The van der Waals surface area contributed by atoms with Crippen LogP contribution in [0.4, 0.5) is 10.1 Å². The maximum atomic E-state index is 13.9. The Morgan fingerprint density at radius 3 is 2.68 bits per heavy atom. The van der Waals surface area contributed by atoms with E-state index in [9.17, 15) is 9.18 Å². The third kappa shape index (κ3) is 4.09. The fraction of sp³-hybridized carbons (Fsp3) is 0.130. The minimum Gasteiger partial charge on any atom is -0.443 e. The number of aromatic nitrogens is 1. The van der Waals surface area contributed by atoms with Crippen molar-refractivity contribution in [1.29, 1.82) is 0 Å². The number of benzene rings is 3. The molecule has 0 aliphatic heterocycles. The predicted molar refractivity (Wildman–Crippen MR) is 107 cm³/mol. The molecule has 0 radical (unpaired) electrons. The van der Waals surface area contributed by atoms with Gasteiger partial charge in [0, 0.05) is 23.7 Å². The lowest BCUT2D eigenvalue weighted by Gasteiger charge is -2.07. The van der Waals surface area contributed by atoms with Crippen molar-refractivity contribution >= 4 is 22.7 Å². The number of anilines is 1. The molecule has 0 saturated carbocycles. The van der Waals surface area contributed by atoms with Gasteiger partial charge in [0.15, 0.2) is 12.0 Å². The van der Waals surface area contributed by atoms with Gasteiger partial charge in [-0.1, -0.05) is 42.5 Å². The average molecular weight is 374 g/mol. The highest BCUT2D eigenvalue weighted by molar-refractivity contribution is 5.92. The summed E-state index contributed by atoms with van der Waals surface area (Å²) in [7, 11) is 0. The van der Waals surface area contributed by atoms with E-state index >= 15 is 0 Å². The van der Waals surface area contributed by atoms with Crippen molar-refractivity contribution < 1.29 is 13.6 Å². The Labute approximate surface area is 162 Å². The molecule has 0 aliphatic rings. The second-order valence-corrected chi connectivity index (χ2v) is 6.61. The minimum absolute atomic E-state index is 0.0400. The monoisotopic (exact) mass is 374 g/mol. The summed E-state index contributed by atoms with van der Waals surface area (Å²) in [5.74, 6) is -0.266. The fourth-order valence-electron chi connectivity index (χ4n) is 3.16. The Hall–Kier alpha value is -3.47.